The zero-order valence-corrected chi connectivity index (χ0v) is 14.2. The highest BCUT2D eigenvalue weighted by molar-refractivity contribution is 5.92. The lowest BCUT2D eigenvalue weighted by atomic mass is 10.2. The zero-order chi connectivity index (χ0) is 17.3. The molecule has 0 saturated carbocycles. The van der Waals surface area contributed by atoms with Crippen LogP contribution < -0.4 is 5.32 Å². The van der Waals surface area contributed by atoms with Gasteiger partial charge in [-0.05, 0) is 37.1 Å². The number of nitrogens with one attached hydrogen (secondary N) is 1. The van der Waals surface area contributed by atoms with Gasteiger partial charge in [0.15, 0.2) is 11.5 Å². The van der Waals surface area contributed by atoms with Crippen LogP contribution in [0, 0.1) is 0 Å². The number of rotatable bonds is 4. The van der Waals surface area contributed by atoms with E-state index in [1.807, 2.05) is 36.4 Å². The van der Waals surface area contributed by atoms with Gasteiger partial charge < -0.3 is 10.1 Å². The number of fused-ring (bicyclic) bond motifs is 3. The van der Waals surface area contributed by atoms with E-state index >= 15 is 0 Å². The molecule has 1 saturated heterocycles. The number of aromatic nitrogens is 5. The molecule has 0 spiro atoms. The highest BCUT2D eigenvalue weighted by Crippen LogP contribution is 2.24. The summed E-state index contributed by atoms with van der Waals surface area (Å²) >= 11 is 0. The van der Waals surface area contributed by atoms with E-state index in [-0.39, 0.29) is 6.10 Å². The largest absolute Gasteiger partial charge is 0.376 e. The summed E-state index contributed by atoms with van der Waals surface area (Å²) in [6.45, 7) is 1.55. The Hall–Kier alpha value is -3.06. The van der Waals surface area contributed by atoms with Crippen LogP contribution in [-0.2, 0) is 4.74 Å². The second-order valence-corrected chi connectivity index (χ2v) is 6.38. The van der Waals surface area contributed by atoms with Gasteiger partial charge in [0.05, 0.1) is 11.6 Å². The first-order valence-electron chi connectivity index (χ1n) is 8.80. The smallest absolute Gasteiger partial charge is 0.226 e. The fourth-order valence-electron chi connectivity index (χ4n) is 3.30. The first kappa shape index (κ1) is 15.2. The third-order valence-corrected chi connectivity index (χ3v) is 4.61. The van der Waals surface area contributed by atoms with Crippen LogP contribution in [-0.4, -0.2) is 43.8 Å². The molecule has 0 aliphatic carbocycles. The molecule has 1 N–H and O–H groups in total. The van der Waals surface area contributed by atoms with Crippen molar-refractivity contribution in [2.45, 2.75) is 18.9 Å². The van der Waals surface area contributed by atoms with Crippen molar-refractivity contribution in [2.75, 3.05) is 18.5 Å². The maximum atomic E-state index is 5.70. The number of hydrogen-bond acceptors (Lipinski definition) is 6. The van der Waals surface area contributed by atoms with E-state index in [0.29, 0.717) is 18.3 Å². The number of benzene rings is 1. The van der Waals surface area contributed by atoms with Crippen LogP contribution in [0.25, 0.3) is 27.9 Å². The van der Waals surface area contributed by atoms with Crippen molar-refractivity contribution in [3.8, 4) is 11.4 Å². The second-order valence-electron chi connectivity index (χ2n) is 6.38. The molecule has 7 heteroatoms. The lowest BCUT2D eigenvalue weighted by Crippen LogP contribution is -2.20. The molecule has 7 nitrogen and oxygen atoms in total. The molecule has 5 rings (SSSR count). The van der Waals surface area contributed by atoms with Crippen molar-refractivity contribution in [1.82, 2.24) is 24.6 Å². The number of nitrogens with zero attached hydrogens (tertiary/aromatic N) is 5. The van der Waals surface area contributed by atoms with Gasteiger partial charge in [-0.3, -0.25) is 4.98 Å². The highest BCUT2D eigenvalue weighted by Gasteiger charge is 2.18. The number of para-hydroxylation sites is 1. The standard InChI is InChI=1S/C19H18N6O/c1-2-8-16-15(7-1)18-23-17(13-5-3-9-20-11-13)24-25(18)19(22-16)21-12-14-6-4-10-26-14/h1-3,5,7-9,11,14H,4,6,10,12H2,(H,21,22)/t14-/m0/s1. The normalized spacial score (nSPS) is 17.2. The van der Waals surface area contributed by atoms with E-state index in [9.17, 15) is 0 Å². The van der Waals surface area contributed by atoms with Crippen LogP contribution in [0.5, 0.6) is 0 Å². The van der Waals surface area contributed by atoms with E-state index in [4.69, 9.17) is 14.7 Å². The van der Waals surface area contributed by atoms with E-state index < -0.39 is 0 Å². The van der Waals surface area contributed by atoms with E-state index in [0.717, 1.165) is 41.6 Å². The fraction of sp³-hybridized carbons (Fsp3) is 0.263. The lowest BCUT2D eigenvalue weighted by Gasteiger charge is -2.12. The molecule has 1 atom stereocenters. The molecule has 1 fully saturated rings. The molecular formula is C19H18N6O. The summed E-state index contributed by atoms with van der Waals surface area (Å²) in [6.07, 6.45) is 5.91. The van der Waals surface area contributed by atoms with Gasteiger partial charge in [-0.25, -0.2) is 9.97 Å². The third-order valence-electron chi connectivity index (χ3n) is 4.61. The van der Waals surface area contributed by atoms with E-state index in [1.165, 1.54) is 0 Å². The summed E-state index contributed by atoms with van der Waals surface area (Å²) in [5, 5.41) is 9.04. The molecule has 1 aliphatic heterocycles. The van der Waals surface area contributed by atoms with Crippen LogP contribution in [0.15, 0.2) is 48.8 Å². The first-order chi connectivity index (χ1) is 12.9. The Morgan fingerprint density at radius 3 is 2.96 bits per heavy atom. The predicted octanol–water partition coefficient (Wildman–Crippen LogP) is 2.93. The number of pyridine rings is 1. The van der Waals surface area contributed by atoms with Gasteiger partial charge >= 0.3 is 0 Å². The average molecular weight is 346 g/mol. The Morgan fingerprint density at radius 1 is 1.15 bits per heavy atom. The van der Waals surface area contributed by atoms with Gasteiger partial charge in [0.2, 0.25) is 5.95 Å². The van der Waals surface area contributed by atoms with E-state index in [1.54, 1.807) is 16.9 Å². The molecule has 3 aromatic heterocycles. The summed E-state index contributed by atoms with van der Waals surface area (Å²) < 4.78 is 7.48. The minimum Gasteiger partial charge on any atom is -0.376 e. The van der Waals surface area contributed by atoms with Gasteiger partial charge in [0.25, 0.3) is 0 Å². The van der Waals surface area contributed by atoms with Gasteiger partial charge in [0, 0.05) is 36.5 Å². The monoisotopic (exact) mass is 346 g/mol. The van der Waals surface area contributed by atoms with Crippen molar-refractivity contribution in [2.24, 2.45) is 0 Å². The van der Waals surface area contributed by atoms with Gasteiger partial charge in [-0.1, -0.05) is 12.1 Å². The predicted molar refractivity (Wildman–Crippen MR) is 99.0 cm³/mol. The van der Waals surface area contributed by atoms with E-state index in [2.05, 4.69) is 15.4 Å². The number of hydrogen-bond donors (Lipinski definition) is 1. The molecule has 4 aromatic rings. The molecule has 1 aliphatic rings. The molecule has 130 valence electrons. The molecule has 0 unspecified atom stereocenters. The molecule has 4 heterocycles. The van der Waals surface area contributed by atoms with Crippen molar-refractivity contribution < 1.29 is 4.74 Å². The van der Waals surface area contributed by atoms with Crippen molar-refractivity contribution in [3.63, 3.8) is 0 Å². The Bertz CT molecular complexity index is 1060. The summed E-state index contributed by atoms with van der Waals surface area (Å²) in [5.74, 6) is 1.31. The average Bonchev–Trinajstić information content (AvgIpc) is 3.37. The van der Waals surface area contributed by atoms with Gasteiger partial charge in [0.1, 0.15) is 0 Å². The summed E-state index contributed by atoms with van der Waals surface area (Å²) in [7, 11) is 0. The molecule has 0 bridgehead atoms. The molecule has 0 radical (unpaired) electrons. The Morgan fingerprint density at radius 2 is 2.12 bits per heavy atom. The van der Waals surface area contributed by atoms with Crippen LogP contribution >= 0.6 is 0 Å². The molecule has 1 aromatic carbocycles. The Kier molecular flexibility index (Phi) is 3.71. The highest BCUT2D eigenvalue weighted by atomic mass is 16.5. The summed E-state index contributed by atoms with van der Waals surface area (Å²) in [5.41, 5.74) is 2.55. The first-order valence-corrected chi connectivity index (χ1v) is 8.80. The Labute approximate surface area is 150 Å². The zero-order valence-electron chi connectivity index (χ0n) is 14.2. The minimum atomic E-state index is 0.222. The Balaban J connectivity index is 1.63. The van der Waals surface area contributed by atoms with Gasteiger partial charge in [-0.15, -0.1) is 5.10 Å². The number of ether oxygens (including phenoxy) is 1. The van der Waals surface area contributed by atoms with Crippen LogP contribution in [0.2, 0.25) is 0 Å². The molecule has 0 amide bonds. The second kappa shape index (κ2) is 6.34. The van der Waals surface area contributed by atoms with Crippen molar-refractivity contribution in [1.29, 1.82) is 0 Å². The minimum absolute atomic E-state index is 0.222. The third kappa shape index (κ3) is 2.66. The van der Waals surface area contributed by atoms with Crippen LogP contribution in [0.1, 0.15) is 12.8 Å². The van der Waals surface area contributed by atoms with Crippen LogP contribution in [0.4, 0.5) is 5.95 Å². The SMILES string of the molecule is c1cncc(-c2nc3c4ccccc4nc(NC[C@@H]4CCCO4)n3n2)c1. The molecular weight excluding hydrogens is 328 g/mol. The van der Waals surface area contributed by atoms with Crippen molar-refractivity contribution >= 4 is 22.5 Å². The quantitative estimate of drug-likeness (QED) is 0.612. The topological polar surface area (TPSA) is 77.2 Å². The molecule has 26 heavy (non-hydrogen) atoms. The summed E-state index contributed by atoms with van der Waals surface area (Å²) in [4.78, 5) is 13.7. The van der Waals surface area contributed by atoms with Gasteiger partial charge in [-0.2, -0.15) is 4.52 Å². The fourth-order valence-corrected chi connectivity index (χ4v) is 3.30. The maximum absolute atomic E-state index is 5.70. The van der Waals surface area contributed by atoms with Crippen molar-refractivity contribution in [3.05, 3.63) is 48.8 Å². The lowest BCUT2D eigenvalue weighted by molar-refractivity contribution is 0.120. The number of anilines is 1. The maximum Gasteiger partial charge on any atom is 0.226 e. The summed E-state index contributed by atoms with van der Waals surface area (Å²) in [6, 6.07) is 11.8. The van der Waals surface area contributed by atoms with Crippen LogP contribution in [0.3, 0.4) is 0 Å².